The van der Waals surface area contributed by atoms with Crippen molar-refractivity contribution < 1.29 is 19.1 Å². The van der Waals surface area contributed by atoms with E-state index in [1.165, 1.54) is 23.5 Å². The lowest BCUT2D eigenvalue weighted by Gasteiger charge is -2.37. The third kappa shape index (κ3) is 2.72. The number of carboxylic acid groups (broad SMARTS) is 1. The van der Waals surface area contributed by atoms with E-state index in [2.05, 4.69) is 0 Å². The summed E-state index contributed by atoms with van der Waals surface area (Å²) in [6, 6.07) is 4.50. The van der Waals surface area contributed by atoms with Gasteiger partial charge in [0.25, 0.3) is 5.91 Å². The van der Waals surface area contributed by atoms with Crippen LogP contribution in [-0.2, 0) is 4.79 Å². The van der Waals surface area contributed by atoms with Crippen LogP contribution in [0.25, 0.3) is 10.1 Å². The Morgan fingerprint density at radius 3 is 2.83 bits per heavy atom. The average molecular weight is 335 g/mol. The number of piperidine rings is 1. The summed E-state index contributed by atoms with van der Waals surface area (Å²) >= 11 is 1.27. The minimum atomic E-state index is -0.898. The zero-order chi connectivity index (χ0) is 16.8. The molecule has 1 amide bonds. The van der Waals surface area contributed by atoms with Gasteiger partial charge < -0.3 is 10.0 Å². The molecule has 1 aromatic carbocycles. The van der Waals surface area contributed by atoms with Crippen LogP contribution in [0.3, 0.4) is 0 Å². The summed E-state index contributed by atoms with van der Waals surface area (Å²) in [7, 11) is 0. The second-order valence-corrected chi connectivity index (χ2v) is 7.44. The van der Waals surface area contributed by atoms with Crippen LogP contribution in [0.1, 0.15) is 35.0 Å². The fourth-order valence-corrected chi connectivity index (χ4v) is 4.34. The predicted molar refractivity (Wildman–Crippen MR) is 87.4 cm³/mol. The van der Waals surface area contributed by atoms with Crippen LogP contribution in [0.2, 0.25) is 0 Å². The molecule has 2 aromatic rings. The highest BCUT2D eigenvalue weighted by Crippen LogP contribution is 2.35. The number of nitrogens with zero attached hydrogens (tertiary/aromatic N) is 1. The molecule has 122 valence electrons. The molecular formula is C17H18FNO3S. The van der Waals surface area contributed by atoms with Crippen molar-refractivity contribution in [3.8, 4) is 0 Å². The van der Waals surface area contributed by atoms with Gasteiger partial charge in [0.1, 0.15) is 5.82 Å². The Hall–Kier alpha value is -1.95. The van der Waals surface area contributed by atoms with Gasteiger partial charge in [-0.1, -0.05) is 6.07 Å². The van der Waals surface area contributed by atoms with Gasteiger partial charge in [-0.25, -0.2) is 4.39 Å². The van der Waals surface area contributed by atoms with Gasteiger partial charge in [0.15, 0.2) is 0 Å². The maximum Gasteiger partial charge on any atom is 0.311 e. The fourth-order valence-electron chi connectivity index (χ4n) is 3.13. The summed E-state index contributed by atoms with van der Waals surface area (Å²) in [6.07, 6.45) is 1.25. The number of likely N-dealkylation sites (tertiary alicyclic amines) is 1. The zero-order valence-electron chi connectivity index (χ0n) is 13.1. The number of benzene rings is 1. The van der Waals surface area contributed by atoms with E-state index in [-0.39, 0.29) is 18.3 Å². The zero-order valence-corrected chi connectivity index (χ0v) is 13.9. The lowest BCUT2D eigenvalue weighted by molar-refractivity contribution is -0.150. The first-order chi connectivity index (χ1) is 10.8. The SMILES string of the molecule is Cc1c(C(=O)N2CCCC(C)(C(=O)O)C2)sc2cc(F)ccc12. The number of rotatable bonds is 2. The van der Waals surface area contributed by atoms with E-state index in [1.807, 2.05) is 6.92 Å². The molecule has 0 saturated carbocycles. The Morgan fingerprint density at radius 1 is 1.39 bits per heavy atom. The van der Waals surface area contributed by atoms with Crippen LogP contribution in [0.5, 0.6) is 0 Å². The van der Waals surface area contributed by atoms with Crippen molar-refractivity contribution >= 4 is 33.3 Å². The first-order valence-electron chi connectivity index (χ1n) is 7.53. The molecule has 1 atom stereocenters. The molecule has 1 N–H and O–H groups in total. The Kier molecular flexibility index (Phi) is 3.88. The molecule has 2 heterocycles. The van der Waals surface area contributed by atoms with Gasteiger partial charge in [0, 0.05) is 17.8 Å². The van der Waals surface area contributed by atoms with Crippen LogP contribution in [-0.4, -0.2) is 35.0 Å². The highest BCUT2D eigenvalue weighted by Gasteiger charge is 2.40. The first kappa shape index (κ1) is 15.9. The van der Waals surface area contributed by atoms with Gasteiger partial charge in [0.2, 0.25) is 0 Å². The first-order valence-corrected chi connectivity index (χ1v) is 8.35. The van der Waals surface area contributed by atoms with Crippen LogP contribution >= 0.6 is 11.3 Å². The summed E-state index contributed by atoms with van der Waals surface area (Å²) in [6.45, 7) is 4.30. The molecule has 0 spiro atoms. The van der Waals surface area contributed by atoms with Crippen molar-refractivity contribution in [1.82, 2.24) is 4.90 Å². The molecule has 0 bridgehead atoms. The number of carbonyl (C=O) groups excluding carboxylic acids is 1. The van der Waals surface area contributed by atoms with Crippen LogP contribution in [0, 0.1) is 18.2 Å². The lowest BCUT2D eigenvalue weighted by atomic mass is 9.82. The van der Waals surface area contributed by atoms with Crippen LogP contribution in [0.4, 0.5) is 4.39 Å². The minimum absolute atomic E-state index is 0.156. The van der Waals surface area contributed by atoms with Crippen molar-refractivity contribution in [3.05, 3.63) is 34.5 Å². The molecular weight excluding hydrogens is 317 g/mol. The Balaban J connectivity index is 1.94. The molecule has 0 radical (unpaired) electrons. The number of thiophene rings is 1. The van der Waals surface area contributed by atoms with E-state index in [0.29, 0.717) is 24.3 Å². The van der Waals surface area contributed by atoms with Crippen molar-refractivity contribution in [2.45, 2.75) is 26.7 Å². The summed E-state index contributed by atoms with van der Waals surface area (Å²) in [5.41, 5.74) is -0.0671. The van der Waals surface area contributed by atoms with E-state index in [1.54, 1.807) is 17.9 Å². The molecule has 1 fully saturated rings. The normalized spacial score (nSPS) is 21.6. The topological polar surface area (TPSA) is 57.6 Å². The highest BCUT2D eigenvalue weighted by atomic mass is 32.1. The number of aryl methyl sites for hydroxylation is 1. The molecule has 4 nitrogen and oxygen atoms in total. The molecule has 3 rings (SSSR count). The summed E-state index contributed by atoms with van der Waals surface area (Å²) in [5.74, 6) is -1.35. The number of aliphatic carboxylic acids is 1. The second-order valence-electron chi connectivity index (χ2n) is 6.39. The molecule has 0 aliphatic carbocycles. The van der Waals surface area contributed by atoms with Gasteiger partial charge in [-0.3, -0.25) is 9.59 Å². The lowest BCUT2D eigenvalue weighted by Crippen LogP contribution is -2.48. The standard InChI is InChI=1S/C17H18FNO3S/c1-10-12-5-4-11(18)8-13(12)23-14(10)15(20)19-7-3-6-17(2,9-19)16(21)22/h4-5,8H,3,6-7,9H2,1-2H3,(H,21,22). The Bertz CT molecular complexity index is 800. The fraction of sp³-hybridized carbons (Fsp3) is 0.412. The molecule has 1 aromatic heterocycles. The number of halogens is 1. The molecule has 1 unspecified atom stereocenters. The van der Waals surface area contributed by atoms with Gasteiger partial charge in [-0.2, -0.15) is 0 Å². The third-order valence-corrected chi connectivity index (χ3v) is 5.84. The largest absolute Gasteiger partial charge is 0.481 e. The minimum Gasteiger partial charge on any atom is -0.481 e. The van der Waals surface area contributed by atoms with Crippen LogP contribution in [0.15, 0.2) is 18.2 Å². The van der Waals surface area contributed by atoms with Crippen molar-refractivity contribution in [1.29, 1.82) is 0 Å². The number of carboxylic acids is 1. The number of hydrogen-bond acceptors (Lipinski definition) is 3. The van der Waals surface area contributed by atoms with E-state index in [4.69, 9.17) is 0 Å². The van der Waals surface area contributed by atoms with E-state index in [0.717, 1.165) is 15.6 Å². The quantitative estimate of drug-likeness (QED) is 0.911. The molecule has 1 aliphatic heterocycles. The van der Waals surface area contributed by atoms with Crippen molar-refractivity contribution in [3.63, 3.8) is 0 Å². The Morgan fingerprint density at radius 2 is 2.13 bits per heavy atom. The highest BCUT2D eigenvalue weighted by molar-refractivity contribution is 7.21. The van der Waals surface area contributed by atoms with E-state index in [9.17, 15) is 19.1 Å². The monoisotopic (exact) mass is 335 g/mol. The summed E-state index contributed by atoms with van der Waals surface area (Å²) in [5, 5.41) is 10.3. The molecule has 6 heteroatoms. The summed E-state index contributed by atoms with van der Waals surface area (Å²) < 4.78 is 14.1. The summed E-state index contributed by atoms with van der Waals surface area (Å²) in [4.78, 5) is 26.5. The molecule has 1 aliphatic rings. The predicted octanol–water partition coefficient (Wildman–Crippen LogP) is 3.68. The van der Waals surface area contributed by atoms with Crippen LogP contribution < -0.4 is 0 Å². The van der Waals surface area contributed by atoms with E-state index < -0.39 is 11.4 Å². The van der Waals surface area contributed by atoms with Gasteiger partial charge in [0.05, 0.1) is 10.3 Å². The average Bonchev–Trinajstić information content (AvgIpc) is 2.82. The van der Waals surface area contributed by atoms with Crippen molar-refractivity contribution in [2.75, 3.05) is 13.1 Å². The van der Waals surface area contributed by atoms with Gasteiger partial charge in [-0.05, 0) is 49.8 Å². The second kappa shape index (κ2) is 5.60. The number of fused-ring (bicyclic) bond motifs is 1. The number of carbonyl (C=O) groups is 2. The van der Waals surface area contributed by atoms with Crippen molar-refractivity contribution in [2.24, 2.45) is 5.41 Å². The Labute approximate surface area is 137 Å². The van der Waals surface area contributed by atoms with E-state index >= 15 is 0 Å². The number of hydrogen-bond donors (Lipinski definition) is 1. The third-order valence-electron chi connectivity index (χ3n) is 4.59. The molecule has 23 heavy (non-hydrogen) atoms. The molecule has 1 saturated heterocycles. The maximum atomic E-state index is 13.4. The smallest absolute Gasteiger partial charge is 0.311 e. The number of amides is 1. The maximum absolute atomic E-state index is 13.4. The van der Waals surface area contributed by atoms with Gasteiger partial charge >= 0.3 is 5.97 Å². The van der Waals surface area contributed by atoms with Gasteiger partial charge in [-0.15, -0.1) is 11.3 Å².